The topological polar surface area (TPSA) is 110 Å². The Labute approximate surface area is 188 Å². The van der Waals surface area contributed by atoms with Crippen molar-refractivity contribution >= 4 is 44.4 Å². The summed E-state index contributed by atoms with van der Waals surface area (Å²) in [6.07, 6.45) is 4.47. The molecule has 1 aliphatic heterocycles. The van der Waals surface area contributed by atoms with E-state index < -0.39 is 9.84 Å². The van der Waals surface area contributed by atoms with Gasteiger partial charge in [-0.2, -0.15) is 0 Å². The summed E-state index contributed by atoms with van der Waals surface area (Å²) in [5, 5.41) is 6.05. The Hall–Kier alpha value is -2.53. The maximum Gasteiger partial charge on any atom is 0.265 e. The number of benzene rings is 1. The van der Waals surface area contributed by atoms with Crippen LogP contribution in [0.4, 0.5) is 5.69 Å². The Morgan fingerprint density at radius 1 is 1.23 bits per heavy atom. The second kappa shape index (κ2) is 8.54. The molecule has 162 valence electrons. The molecule has 0 saturated carbocycles. The normalized spacial score (nSPS) is 14.2. The average Bonchev–Trinajstić information content (AvgIpc) is 3.06. The van der Waals surface area contributed by atoms with Crippen LogP contribution in [0.5, 0.6) is 5.75 Å². The summed E-state index contributed by atoms with van der Waals surface area (Å²) in [7, 11) is -3.46. The monoisotopic (exact) mass is 478 g/mol. The van der Waals surface area contributed by atoms with Gasteiger partial charge in [-0.25, -0.2) is 18.4 Å². The third-order valence-corrected chi connectivity index (χ3v) is 6.97. The van der Waals surface area contributed by atoms with Gasteiger partial charge < -0.3 is 15.4 Å². The van der Waals surface area contributed by atoms with Crippen LogP contribution >= 0.6 is 22.9 Å². The van der Waals surface area contributed by atoms with E-state index in [2.05, 4.69) is 20.6 Å². The first-order chi connectivity index (χ1) is 14.7. The molecule has 3 aromatic rings. The van der Waals surface area contributed by atoms with Crippen molar-refractivity contribution in [2.45, 2.75) is 17.9 Å². The third kappa shape index (κ3) is 5.04. The Morgan fingerprint density at radius 2 is 1.94 bits per heavy atom. The standard InChI is InChI=1S/C20H19ClN4O4S2/c1-11-17(19-23-9-15(10-24-19)29-14-7-22-8-14)6-18(30-11)20(26)25-13-3-12(21)4-16(5-13)31(2,27)28/h3-6,9-10,14,22H,7-8H2,1-2H3,(H,25,26). The Kier molecular flexibility index (Phi) is 5.98. The lowest BCUT2D eigenvalue weighted by molar-refractivity contribution is 0.103. The second-order valence-electron chi connectivity index (χ2n) is 7.12. The number of hydrogen-bond donors (Lipinski definition) is 2. The van der Waals surface area contributed by atoms with E-state index in [9.17, 15) is 13.2 Å². The van der Waals surface area contributed by atoms with Crippen molar-refractivity contribution in [1.29, 1.82) is 0 Å². The Balaban J connectivity index is 1.52. The van der Waals surface area contributed by atoms with Crippen molar-refractivity contribution in [3.8, 4) is 17.1 Å². The van der Waals surface area contributed by atoms with Crippen LogP contribution < -0.4 is 15.4 Å². The van der Waals surface area contributed by atoms with Crippen molar-refractivity contribution in [3.05, 3.63) is 51.4 Å². The molecule has 11 heteroatoms. The van der Waals surface area contributed by atoms with Gasteiger partial charge in [-0.15, -0.1) is 11.3 Å². The number of thiophene rings is 1. The van der Waals surface area contributed by atoms with E-state index in [-0.39, 0.29) is 21.9 Å². The number of aromatic nitrogens is 2. The van der Waals surface area contributed by atoms with Crippen molar-refractivity contribution in [2.24, 2.45) is 0 Å². The van der Waals surface area contributed by atoms with Gasteiger partial charge in [0, 0.05) is 40.5 Å². The van der Waals surface area contributed by atoms with E-state index in [4.69, 9.17) is 16.3 Å². The van der Waals surface area contributed by atoms with E-state index >= 15 is 0 Å². The van der Waals surface area contributed by atoms with Crippen LogP contribution in [-0.4, -0.2) is 49.7 Å². The highest BCUT2D eigenvalue weighted by Gasteiger charge is 2.20. The highest BCUT2D eigenvalue weighted by atomic mass is 35.5. The van der Waals surface area contributed by atoms with E-state index in [1.54, 1.807) is 18.5 Å². The van der Waals surface area contributed by atoms with Gasteiger partial charge in [0.25, 0.3) is 5.91 Å². The largest absolute Gasteiger partial charge is 0.485 e. The predicted molar refractivity (Wildman–Crippen MR) is 120 cm³/mol. The smallest absolute Gasteiger partial charge is 0.265 e. The average molecular weight is 479 g/mol. The molecular weight excluding hydrogens is 460 g/mol. The Morgan fingerprint density at radius 3 is 2.55 bits per heavy atom. The quantitative estimate of drug-likeness (QED) is 0.559. The summed E-state index contributed by atoms with van der Waals surface area (Å²) in [4.78, 5) is 22.8. The molecule has 1 fully saturated rings. The van der Waals surface area contributed by atoms with Crippen LogP contribution in [0.25, 0.3) is 11.4 Å². The summed E-state index contributed by atoms with van der Waals surface area (Å²) < 4.78 is 29.3. The lowest BCUT2D eigenvalue weighted by atomic mass is 10.2. The molecule has 4 rings (SSSR count). The van der Waals surface area contributed by atoms with Crippen LogP contribution in [0.3, 0.4) is 0 Å². The van der Waals surface area contributed by atoms with E-state index in [1.165, 1.54) is 29.5 Å². The van der Waals surface area contributed by atoms with Gasteiger partial charge in [0.2, 0.25) is 0 Å². The number of amides is 1. The lowest BCUT2D eigenvalue weighted by Crippen LogP contribution is -2.50. The zero-order valence-electron chi connectivity index (χ0n) is 16.7. The van der Waals surface area contributed by atoms with E-state index in [0.717, 1.165) is 29.8 Å². The number of aryl methyl sites for hydroxylation is 1. The van der Waals surface area contributed by atoms with Gasteiger partial charge in [-0.3, -0.25) is 4.79 Å². The van der Waals surface area contributed by atoms with Crippen LogP contribution in [0.1, 0.15) is 14.5 Å². The highest BCUT2D eigenvalue weighted by Crippen LogP contribution is 2.30. The lowest BCUT2D eigenvalue weighted by Gasteiger charge is -2.27. The first-order valence-corrected chi connectivity index (χ1v) is 12.4. The minimum atomic E-state index is -3.46. The molecule has 0 unspecified atom stereocenters. The number of ether oxygens (including phenoxy) is 1. The zero-order chi connectivity index (χ0) is 22.2. The molecule has 1 amide bonds. The van der Waals surface area contributed by atoms with Gasteiger partial charge >= 0.3 is 0 Å². The highest BCUT2D eigenvalue weighted by molar-refractivity contribution is 7.90. The summed E-state index contributed by atoms with van der Waals surface area (Å²) in [5.74, 6) is 0.719. The van der Waals surface area contributed by atoms with E-state index in [1.807, 2.05) is 6.92 Å². The maximum atomic E-state index is 12.7. The molecule has 0 radical (unpaired) electrons. The molecule has 2 N–H and O–H groups in total. The molecule has 1 saturated heterocycles. The molecule has 31 heavy (non-hydrogen) atoms. The van der Waals surface area contributed by atoms with Crippen molar-refractivity contribution in [3.63, 3.8) is 0 Å². The number of sulfone groups is 1. The summed E-state index contributed by atoms with van der Waals surface area (Å²) in [6.45, 7) is 3.50. The zero-order valence-corrected chi connectivity index (χ0v) is 19.1. The van der Waals surface area contributed by atoms with Gasteiger partial charge in [0.1, 0.15) is 6.10 Å². The predicted octanol–water partition coefficient (Wildman–Crippen LogP) is 3.17. The van der Waals surface area contributed by atoms with Gasteiger partial charge in [-0.05, 0) is 31.2 Å². The minimum Gasteiger partial charge on any atom is -0.485 e. The molecule has 1 aliphatic rings. The molecule has 2 aromatic heterocycles. The molecule has 0 aliphatic carbocycles. The molecule has 0 bridgehead atoms. The van der Waals surface area contributed by atoms with Gasteiger partial charge in [-0.1, -0.05) is 11.6 Å². The minimum absolute atomic E-state index is 0.0340. The van der Waals surface area contributed by atoms with Crippen LogP contribution in [0.2, 0.25) is 5.02 Å². The number of rotatable bonds is 6. The third-order valence-electron chi connectivity index (χ3n) is 4.61. The summed E-state index contributed by atoms with van der Waals surface area (Å²) in [6, 6.07) is 5.92. The number of hydrogen-bond acceptors (Lipinski definition) is 8. The van der Waals surface area contributed by atoms with Crippen molar-refractivity contribution in [1.82, 2.24) is 15.3 Å². The number of nitrogens with zero attached hydrogens (tertiary/aromatic N) is 2. The van der Waals surface area contributed by atoms with E-state index in [0.29, 0.717) is 22.1 Å². The fourth-order valence-electron chi connectivity index (χ4n) is 2.91. The number of nitrogens with one attached hydrogen (secondary N) is 2. The molecule has 1 aromatic carbocycles. The first-order valence-electron chi connectivity index (χ1n) is 9.31. The first kappa shape index (κ1) is 21.7. The molecule has 8 nitrogen and oxygen atoms in total. The van der Waals surface area contributed by atoms with Gasteiger partial charge in [0.05, 0.1) is 22.2 Å². The van der Waals surface area contributed by atoms with Gasteiger partial charge in [0.15, 0.2) is 21.4 Å². The maximum absolute atomic E-state index is 12.7. The summed E-state index contributed by atoms with van der Waals surface area (Å²) >= 11 is 7.30. The molecular formula is C20H19ClN4O4S2. The number of carbonyl (C=O) groups is 1. The summed E-state index contributed by atoms with van der Waals surface area (Å²) in [5.41, 5.74) is 1.05. The fraction of sp³-hybridized carbons (Fsp3) is 0.250. The van der Waals surface area contributed by atoms with Crippen LogP contribution in [-0.2, 0) is 9.84 Å². The van der Waals surface area contributed by atoms with Crippen LogP contribution in [0, 0.1) is 6.92 Å². The Bertz CT molecular complexity index is 1240. The fourth-order valence-corrected chi connectivity index (χ4v) is 4.80. The molecule has 3 heterocycles. The SMILES string of the molecule is Cc1sc(C(=O)Nc2cc(Cl)cc(S(C)(=O)=O)c2)cc1-c1ncc(OC2CNC2)cn1. The number of carbonyl (C=O) groups excluding carboxylic acids is 1. The van der Waals surface area contributed by atoms with Crippen molar-refractivity contribution in [2.75, 3.05) is 24.7 Å². The van der Waals surface area contributed by atoms with Crippen LogP contribution in [0.15, 0.2) is 41.6 Å². The second-order valence-corrected chi connectivity index (χ2v) is 10.8. The van der Waals surface area contributed by atoms with Crippen molar-refractivity contribution < 1.29 is 17.9 Å². The molecule has 0 spiro atoms. The molecule has 0 atom stereocenters. The number of halogens is 1. The number of anilines is 1.